The second kappa shape index (κ2) is 7.24. The van der Waals surface area contributed by atoms with E-state index >= 15 is 0 Å². The van der Waals surface area contributed by atoms with E-state index in [-0.39, 0.29) is 25.9 Å². The summed E-state index contributed by atoms with van der Waals surface area (Å²) in [7, 11) is 0. The summed E-state index contributed by atoms with van der Waals surface area (Å²) in [6.45, 7) is 2.19. The van der Waals surface area contributed by atoms with Gasteiger partial charge in [0.15, 0.2) is 11.5 Å². The third-order valence-electron chi connectivity index (χ3n) is 4.75. The number of carbonyl (C=O) groups is 2. The molecule has 1 atom stereocenters. The normalized spacial score (nSPS) is 20.4. The van der Waals surface area contributed by atoms with E-state index in [9.17, 15) is 9.59 Å². The summed E-state index contributed by atoms with van der Waals surface area (Å²) < 4.78 is 16.3. The number of halogens is 1. The Kier molecular flexibility index (Phi) is 4.77. The molecule has 0 aliphatic carbocycles. The Labute approximate surface area is 167 Å². The van der Waals surface area contributed by atoms with Crippen LogP contribution in [0.4, 0.5) is 4.79 Å². The van der Waals surface area contributed by atoms with Gasteiger partial charge < -0.3 is 19.5 Å². The van der Waals surface area contributed by atoms with Crippen LogP contribution in [0, 0.1) is 0 Å². The number of ether oxygens (including phenoxy) is 3. The van der Waals surface area contributed by atoms with Gasteiger partial charge in [0.05, 0.1) is 11.6 Å². The third kappa shape index (κ3) is 3.45. The fourth-order valence-electron chi connectivity index (χ4n) is 3.34. The number of para-hydroxylation sites is 1. The van der Waals surface area contributed by atoms with Crippen molar-refractivity contribution in [3.05, 3.63) is 53.1 Å². The first-order chi connectivity index (χ1) is 13.5. The van der Waals surface area contributed by atoms with E-state index in [4.69, 9.17) is 25.8 Å². The van der Waals surface area contributed by atoms with E-state index < -0.39 is 11.6 Å². The number of nitrogens with zero attached hydrogens (tertiary/aromatic N) is 1. The number of nitrogens with one attached hydrogen (secondary N) is 1. The summed E-state index contributed by atoms with van der Waals surface area (Å²) >= 11 is 6.05. The Morgan fingerprint density at radius 3 is 2.79 bits per heavy atom. The largest absolute Gasteiger partial charge is 0.490 e. The van der Waals surface area contributed by atoms with E-state index in [1.807, 2.05) is 12.1 Å². The maximum absolute atomic E-state index is 12.9. The highest BCUT2D eigenvalue weighted by atomic mass is 35.5. The Morgan fingerprint density at radius 2 is 1.96 bits per heavy atom. The number of imide groups is 1. The maximum Gasteiger partial charge on any atom is 0.325 e. The van der Waals surface area contributed by atoms with Gasteiger partial charge >= 0.3 is 6.03 Å². The van der Waals surface area contributed by atoms with Crippen molar-refractivity contribution in [2.24, 2.45) is 0 Å². The molecule has 2 aliphatic rings. The van der Waals surface area contributed by atoms with E-state index in [0.29, 0.717) is 28.7 Å². The van der Waals surface area contributed by atoms with Gasteiger partial charge in [-0.2, -0.15) is 0 Å². The highest BCUT2D eigenvalue weighted by Crippen LogP contribution is 2.34. The topological polar surface area (TPSA) is 77.1 Å². The average molecular weight is 403 g/mol. The van der Waals surface area contributed by atoms with Gasteiger partial charge in [-0.25, -0.2) is 4.79 Å². The number of hydrogen-bond acceptors (Lipinski definition) is 5. The second-order valence-corrected chi connectivity index (χ2v) is 7.27. The molecule has 0 bridgehead atoms. The standard InChI is InChI=1S/C20H19ClN2O5/c1-20(11-13-6-7-16-17(10-13)28-12-27-16)18(24)23(19(25)22-20)8-9-26-15-5-3-2-4-14(15)21/h2-7,10H,8-9,11-12H2,1H3,(H,22,25)/t20-/m1/s1. The summed E-state index contributed by atoms with van der Waals surface area (Å²) in [4.78, 5) is 26.4. The zero-order valence-electron chi connectivity index (χ0n) is 15.2. The molecular formula is C20H19ClN2O5. The molecule has 0 unspecified atom stereocenters. The molecule has 0 radical (unpaired) electrons. The van der Waals surface area contributed by atoms with Gasteiger partial charge in [-0.1, -0.05) is 29.8 Å². The summed E-state index contributed by atoms with van der Waals surface area (Å²) in [6, 6.07) is 12.1. The fraction of sp³-hybridized carbons (Fsp3) is 0.300. The molecule has 2 heterocycles. The lowest BCUT2D eigenvalue weighted by Gasteiger charge is -2.22. The lowest BCUT2D eigenvalue weighted by Crippen LogP contribution is -2.46. The van der Waals surface area contributed by atoms with Crippen LogP contribution >= 0.6 is 11.6 Å². The lowest BCUT2D eigenvalue weighted by atomic mass is 9.92. The smallest absolute Gasteiger partial charge is 0.325 e. The number of fused-ring (bicyclic) bond motifs is 1. The van der Waals surface area contributed by atoms with E-state index in [1.165, 1.54) is 4.90 Å². The molecule has 7 nitrogen and oxygen atoms in total. The second-order valence-electron chi connectivity index (χ2n) is 6.86. The van der Waals surface area contributed by atoms with Crippen LogP contribution in [0.1, 0.15) is 12.5 Å². The molecule has 2 aliphatic heterocycles. The molecule has 0 aromatic heterocycles. The van der Waals surface area contributed by atoms with Gasteiger partial charge in [-0.05, 0) is 36.8 Å². The highest BCUT2D eigenvalue weighted by molar-refractivity contribution is 6.32. The van der Waals surface area contributed by atoms with Gasteiger partial charge in [-0.3, -0.25) is 9.69 Å². The van der Waals surface area contributed by atoms with Crippen LogP contribution in [0.5, 0.6) is 17.2 Å². The zero-order chi connectivity index (χ0) is 19.7. The molecule has 146 valence electrons. The molecule has 1 N–H and O–H groups in total. The summed E-state index contributed by atoms with van der Waals surface area (Å²) in [5.41, 5.74) is -0.163. The average Bonchev–Trinajstić information content (AvgIpc) is 3.20. The minimum atomic E-state index is -1.03. The molecule has 28 heavy (non-hydrogen) atoms. The first-order valence-electron chi connectivity index (χ1n) is 8.86. The minimum Gasteiger partial charge on any atom is -0.490 e. The predicted octanol–water partition coefficient (Wildman–Crippen LogP) is 3.00. The predicted molar refractivity (Wildman–Crippen MR) is 102 cm³/mol. The molecule has 1 fully saturated rings. The van der Waals surface area contributed by atoms with Gasteiger partial charge in [0.2, 0.25) is 6.79 Å². The van der Waals surface area contributed by atoms with E-state index in [0.717, 1.165) is 5.56 Å². The molecule has 0 spiro atoms. The SMILES string of the molecule is C[C@]1(Cc2ccc3c(c2)OCO3)NC(=O)N(CCOc2ccccc2Cl)C1=O. The number of urea groups is 1. The van der Waals surface area contributed by atoms with Crippen molar-refractivity contribution >= 4 is 23.5 Å². The maximum atomic E-state index is 12.9. The molecule has 2 aromatic carbocycles. The Bertz CT molecular complexity index is 935. The van der Waals surface area contributed by atoms with Crippen LogP contribution < -0.4 is 19.5 Å². The summed E-state index contributed by atoms with van der Waals surface area (Å²) in [6.07, 6.45) is 0.343. The zero-order valence-corrected chi connectivity index (χ0v) is 16.0. The van der Waals surface area contributed by atoms with Crippen LogP contribution in [-0.4, -0.2) is 42.3 Å². The molecule has 3 amide bonds. The van der Waals surface area contributed by atoms with Crippen molar-refractivity contribution in [3.63, 3.8) is 0 Å². The van der Waals surface area contributed by atoms with Crippen LogP contribution in [0.25, 0.3) is 0 Å². The lowest BCUT2D eigenvalue weighted by molar-refractivity contribution is -0.131. The van der Waals surface area contributed by atoms with E-state index in [1.54, 1.807) is 37.3 Å². The molecule has 0 saturated carbocycles. The van der Waals surface area contributed by atoms with Crippen molar-refractivity contribution in [1.82, 2.24) is 10.2 Å². The van der Waals surface area contributed by atoms with Gasteiger partial charge in [0, 0.05) is 6.42 Å². The summed E-state index contributed by atoms with van der Waals surface area (Å²) in [5, 5.41) is 3.27. The van der Waals surface area contributed by atoms with Crippen molar-refractivity contribution in [1.29, 1.82) is 0 Å². The molecule has 4 rings (SSSR count). The summed E-state index contributed by atoms with van der Waals surface area (Å²) in [5.74, 6) is 1.54. The molecule has 1 saturated heterocycles. The number of amides is 3. The number of hydrogen-bond donors (Lipinski definition) is 1. The minimum absolute atomic E-state index is 0.132. The number of carbonyl (C=O) groups excluding carboxylic acids is 2. The van der Waals surface area contributed by atoms with Crippen molar-refractivity contribution in [2.75, 3.05) is 19.9 Å². The van der Waals surface area contributed by atoms with Gasteiger partial charge in [0.25, 0.3) is 5.91 Å². The Hall–Kier alpha value is -2.93. The van der Waals surface area contributed by atoms with Crippen LogP contribution in [-0.2, 0) is 11.2 Å². The Balaban J connectivity index is 1.40. The molecular weight excluding hydrogens is 384 g/mol. The first-order valence-corrected chi connectivity index (χ1v) is 9.24. The quantitative estimate of drug-likeness (QED) is 0.751. The van der Waals surface area contributed by atoms with Crippen LogP contribution in [0.15, 0.2) is 42.5 Å². The van der Waals surface area contributed by atoms with Crippen molar-refractivity contribution in [2.45, 2.75) is 18.9 Å². The number of rotatable bonds is 6. The van der Waals surface area contributed by atoms with Gasteiger partial charge in [-0.15, -0.1) is 0 Å². The Morgan fingerprint density at radius 1 is 1.18 bits per heavy atom. The van der Waals surface area contributed by atoms with Crippen LogP contribution in [0.3, 0.4) is 0 Å². The monoisotopic (exact) mass is 402 g/mol. The fourth-order valence-corrected chi connectivity index (χ4v) is 3.53. The van der Waals surface area contributed by atoms with Crippen molar-refractivity contribution < 1.29 is 23.8 Å². The van der Waals surface area contributed by atoms with Crippen molar-refractivity contribution in [3.8, 4) is 17.2 Å². The number of benzene rings is 2. The first kappa shape index (κ1) is 18.4. The third-order valence-corrected chi connectivity index (χ3v) is 5.06. The highest BCUT2D eigenvalue weighted by Gasteiger charge is 2.47. The molecule has 8 heteroatoms. The van der Waals surface area contributed by atoms with E-state index in [2.05, 4.69) is 5.32 Å². The van der Waals surface area contributed by atoms with Gasteiger partial charge in [0.1, 0.15) is 17.9 Å². The van der Waals surface area contributed by atoms with Crippen LogP contribution in [0.2, 0.25) is 5.02 Å². The molecule has 2 aromatic rings.